The number of amides is 1. The topological polar surface area (TPSA) is 76.6 Å². The van der Waals surface area contributed by atoms with Crippen LogP contribution >= 0.6 is 0 Å². The number of aromatic nitrogens is 1. The highest BCUT2D eigenvalue weighted by Crippen LogP contribution is 2.25. The number of benzene rings is 1. The van der Waals surface area contributed by atoms with E-state index >= 15 is 0 Å². The van der Waals surface area contributed by atoms with Gasteiger partial charge in [0.15, 0.2) is 0 Å². The summed E-state index contributed by atoms with van der Waals surface area (Å²) in [5, 5.41) is 10.9. The predicted octanol–water partition coefficient (Wildman–Crippen LogP) is 1.20. The van der Waals surface area contributed by atoms with Crippen LogP contribution in [0, 0.1) is 0 Å². The van der Waals surface area contributed by atoms with Crippen LogP contribution in [0.25, 0.3) is 10.9 Å². The normalized spacial score (nSPS) is 24.8. The van der Waals surface area contributed by atoms with Crippen LogP contribution in [0.5, 0.6) is 0 Å². The zero-order valence-corrected chi connectivity index (χ0v) is 14.1. The number of hydrogen-bond acceptors (Lipinski definition) is 4. The van der Waals surface area contributed by atoms with Crippen LogP contribution in [0.3, 0.4) is 0 Å². The summed E-state index contributed by atoms with van der Waals surface area (Å²) in [6.07, 6.45) is 2.75. The van der Waals surface area contributed by atoms with Crippen molar-refractivity contribution in [1.82, 2.24) is 14.8 Å². The Morgan fingerprint density at radius 1 is 1.12 bits per heavy atom. The third-order valence-electron chi connectivity index (χ3n) is 5.50. The second kappa shape index (κ2) is 6.61. The number of pyridine rings is 1. The number of para-hydroxylation sites is 1. The molecule has 6 heteroatoms. The van der Waals surface area contributed by atoms with Crippen molar-refractivity contribution in [2.75, 3.05) is 26.2 Å². The number of fused-ring (bicyclic) bond motifs is 1. The zero-order valence-electron chi connectivity index (χ0n) is 14.1. The average molecular weight is 341 g/mol. The maximum absolute atomic E-state index is 13.0. The highest BCUT2D eigenvalue weighted by molar-refractivity contribution is 6.05. The van der Waals surface area contributed by atoms with E-state index in [0.29, 0.717) is 24.2 Å². The number of aliphatic hydroxyl groups is 1. The number of nitrogens with zero attached hydrogens (tertiary/aromatic N) is 2. The Morgan fingerprint density at radius 3 is 2.60 bits per heavy atom. The molecule has 1 saturated carbocycles. The van der Waals surface area contributed by atoms with Gasteiger partial charge in [-0.25, -0.2) is 0 Å². The van der Waals surface area contributed by atoms with E-state index in [0.717, 1.165) is 37.7 Å². The number of rotatable bonds is 2. The van der Waals surface area contributed by atoms with Crippen molar-refractivity contribution >= 4 is 16.8 Å². The zero-order chi connectivity index (χ0) is 17.4. The number of aromatic amines is 1. The molecule has 1 amide bonds. The maximum atomic E-state index is 13.0. The van der Waals surface area contributed by atoms with E-state index < -0.39 is 0 Å². The first-order chi connectivity index (χ1) is 12.1. The van der Waals surface area contributed by atoms with Crippen LogP contribution in [-0.2, 0) is 0 Å². The highest BCUT2D eigenvalue weighted by Gasteiger charge is 2.33. The average Bonchev–Trinajstić information content (AvgIpc) is 3.06. The number of hydrogen-bond donors (Lipinski definition) is 2. The fraction of sp³-hybridized carbons (Fsp3) is 0.474. The second-order valence-corrected chi connectivity index (χ2v) is 6.99. The van der Waals surface area contributed by atoms with Crippen molar-refractivity contribution in [3.63, 3.8) is 0 Å². The second-order valence-electron chi connectivity index (χ2n) is 6.99. The summed E-state index contributed by atoms with van der Waals surface area (Å²) in [6, 6.07) is 9.03. The summed E-state index contributed by atoms with van der Waals surface area (Å²) in [7, 11) is 0. The summed E-state index contributed by atoms with van der Waals surface area (Å²) >= 11 is 0. The van der Waals surface area contributed by atoms with E-state index in [4.69, 9.17) is 0 Å². The largest absolute Gasteiger partial charge is 0.391 e. The maximum Gasteiger partial charge on any atom is 0.254 e. The lowest BCUT2D eigenvalue weighted by Gasteiger charge is -2.39. The lowest BCUT2D eigenvalue weighted by atomic mass is 10.1. The number of carbonyl (C=O) groups excluding carboxylic acids is 1. The monoisotopic (exact) mass is 341 g/mol. The Balaban J connectivity index is 1.52. The Morgan fingerprint density at radius 2 is 1.88 bits per heavy atom. The third-order valence-corrected chi connectivity index (χ3v) is 5.50. The highest BCUT2D eigenvalue weighted by atomic mass is 16.3. The summed E-state index contributed by atoms with van der Waals surface area (Å²) < 4.78 is 0. The van der Waals surface area contributed by atoms with E-state index in [1.54, 1.807) is 0 Å². The molecule has 0 unspecified atom stereocenters. The van der Waals surface area contributed by atoms with Gasteiger partial charge in [0.1, 0.15) is 0 Å². The van der Waals surface area contributed by atoms with E-state index in [1.165, 1.54) is 6.07 Å². The molecule has 2 fully saturated rings. The van der Waals surface area contributed by atoms with Gasteiger partial charge < -0.3 is 15.0 Å². The number of nitrogens with one attached hydrogen (secondary N) is 1. The molecule has 6 nitrogen and oxygen atoms in total. The van der Waals surface area contributed by atoms with E-state index in [9.17, 15) is 14.7 Å². The van der Waals surface area contributed by atoms with Crippen molar-refractivity contribution < 1.29 is 9.90 Å². The van der Waals surface area contributed by atoms with Gasteiger partial charge in [0.2, 0.25) is 5.56 Å². The van der Waals surface area contributed by atoms with Crippen LogP contribution in [0.15, 0.2) is 35.1 Å². The Kier molecular flexibility index (Phi) is 4.31. The molecule has 2 atom stereocenters. The first-order valence-electron chi connectivity index (χ1n) is 8.97. The molecular formula is C19H23N3O3. The molecule has 1 aromatic carbocycles. The first-order valence-corrected chi connectivity index (χ1v) is 8.97. The summed E-state index contributed by atoms with van der Waals surface area (Å²) in [5.74, 6) is -0.0890. The molecule has 1 saturated heterocycles. The number of aliphatic hydroxyl groups excluding tert-OH is 1. The molecule has 1 aliphatic carbocycles. The molecule has 0 spiro atoms. The van der Waals surface area contributed by atoms with Gasteiger partial charge in [0, 0.05) is 49.2 Å². The van der Waals surface area contributed by atoms with Crippen LogP contribution < -0.4 is 5.56 Å². The van der Waals surface area contributed by atoms with Gasteiger partial charge in [-0.3, -0.25) is 14.5 Å². The molecule has 4 rings (SSSR count). The van der Waals surface area contributed by atoms with E-state index in [2.05, 4.69) is 9.88 Å². The van der Waals surface area contributed by atoms with Gasteiger partial charge in [-0.2, -0.15) is 0 Å². The fourth-order valence-corrected chi connectivity index (χ4v) is 4.16. The third kappa shape index (κ3) is 3.07. The Labute approximate surface area is 146 Å². The predicted molar refractivity (Wildman–Crippen MR) is 95.7 cm³/mol. The molecule has 0 bridgehead atoms. The molecule has 1 aliphatic heterocycles. The molecule has 2 N–H and O–H groups in total. The minimum atomic E-state index is -0.255. The van der Waals surface area contributed by atoms with E-state index in [1.807, 2.05) is 29.2 Å². The fourth-order valence-electron chi connectivity index (χ4n) is 4.16. The van der Waals surface area contributed by atoms with Crippen LogP contribution in [0.1, 0.15) is 29.6 Å². The van der Waals surface area contributed by atoms with Crippen molar-refractivity contribution in [2.45, 2.75) is 31.4 Å². The molecule has 25 heavy (non-hydrogen) atoms. The van der Waals surface area contributed by atoms with Crippen LogP contribution in [0.2, 0.25) is 0 Å². The van der Waals surface area contributed by atoms with Crippen LogP contribution in [0.4, 0.5) is 0 Å². The van der Waals surface area contributed by atoms with Gasteiger partial charge >= 0.3 is 0 Å². The van der Waals surface area contributed by atoms with Gasteiger partial charge in [-0.15, -0.1) is 0 Å². The molecule has 2 aliphatic rings. The SMILES string of the molecule is O=C(c1cc(=O)[nH]c2ccccc12)N1CCN([C@@H]2CCC[C@@H]2O)CC1. The lowest BCUT2D eigenvalue weighted by molar-refractivity contribution is 0.0316. The number of H-pyrrole nitrogens is 1. The minimum Gasteiger partial charge on any atom is -0.391 e. The molecule has 2 heterocycles. The van der Waals surface area contributed by atoms with Crippen molar-refractivity contribution in [1.29, 1.82) is 0 Å². The summed E-state index contributed by atoms with van der Waals surface area (Å²) in [4.78, 5) is 31.8. The molecule has 1 aromatic heterocycles. The van der Waals surface area contributed by atoms with Crippen LogP contribution in [-0.4, -0.2) is 64.1 Å². The van der Waals surface area contributed by atoms with Crippen molar-refractivity contribution in [3.8, 4) is 0 Å². The number of piperazine rings is 1. The van der Waals surface area contributed by atoms with E-state index in [-0.39, 0.29) is 23.6 Å². The molecule has 2 aromatic rings. The number of carbonyl (C=O) groups is 1. The lowest BCUT2D eigenvalue weighted by Crippen LogP contribution is -2.53. The summed E-state index contributed by atoms with van der Waals surface area (Å²) in [5.41, 5.74) is 0.898. The van der Waals surface area contributed by atoms with Gasteiger partial charge in [-0.05, 0) is 25.3 Å². The van der Waals surface area contributed by atoms with Gasteiger partial charge in [-0.1, -0.05) is 18.2 Å². The minimum absolute atomic E-state index is 0.0890. The molecular weight excluding hydrogens is 318 g/mol. The summed E-state index contributed by atoms with van der Waals surface area (Å²) in [6.45, 7) is 2.80. The van der Waals surface area contributed by atoms with Gasteiger partial charge in [0.25, 0.3) is 5.91 Å². The van der Waals surface area contributed by atoms with Gasteiger partial charge in [0.05, 0.1) is 11.7 Å². The Hall–Kier alpha value is -2.18. The smallest absolute Gasteiger partial charge is 0.254 e. The quantitative estimate of drug-likeness (QED) is 0.861. The molecule has 0 radical (unpaired) electrons. The first kappa shape index (κ1) is 16.3. The standard InChI is InChI=1S/C19H23N3O3/c23-17-7-3-6-16(17)21-8-10-22(11-9-21)19(25)14-12-18(24)20-15-5-2-1-4-13(14)15/h1-2,4-5,12,16-17,23H,3,6-11H2,(H,20,24)/t16-,17+/m1/s1. The molecule has 132 valence electrons. The Bertz CT molecular complexity index is 839. The van der Waals surface area contributed by atoms with Crippen molar-refractivity contribution in [3.05, 3.63) is 46.2 Å². The van der Waals surface area contributed by atoms with Crippen molar-refractivity contribution in [2.24, 2.45) is 0 Å².